The second-order valence-electron chi connectivity index (χ2n) is 5.51. The maximum atomic E-state index is 5.86. The number of benzene rings is 1. The number of nitrogens with one attached hydrogen (secondary N) is 1. The third-order valence-corrected chi connectivity index (χ3v) is 4.63. The van der Waals surface area contributed by atoms with Gasteiger partial charge in [0.25, 0.3) is 0 Å². The molecule has 0 spiro atoms. The van der Waals surface area contributed by atoms with Crippen LogP contribution in [-0.2, 0) is 13.0 Å². The fourth-order valence-corrected chi connectivity index (χ4v) is 3.08. The van der Waals surface area contributed by atoms with Crippen LogP contribution in [-0.4, -0.2) is 13.2 Å². The molecule has 2 nitrogen and oxygen atoms in total. The molecule has 0 fully saturated rings. The van der Waals surface area contributed by atoms with Gasteiger partial charge in [0.05, 0.1) is 6.61 Å². The van der Waals surface area contributed by atoms with Crippen molar-refractivity contribution in [3.63, 3.8) is 0 Å². The Morgan fingerprint density at radius 1 is 1.29 bits per heavy atom. The van der Waals surface area contributed by atoms with Gasteiger partial charge in [0.15, 0.2) is 0 Å². The van der Waals surface area contributed by atoms with Crippen LogP contribution < -0.4 is 10.1 Å². The Labute approximate surface area is 139 Å². The summed E-state index contributed by atoms with van der Waals surface area (Å²) in [5, 5.41) is 7.74. The summed E-state index contributed by atoms with van der Waals surface area (Å²) >= 11 is 5.33. The van der Waals surface area contributed by atoms with Crippen molar-refractivity contribution in [2.24, 2.45) is 5.92 Å². The predicted octanol–water partition coefficient (Wildman–Crippen LogP) is 4.88. The highest BCUT2D eigenvalue weighted by Crippen LogP contribution is 2.23. The lowest BCUT2D eigenvalue weighted by Crippen LogP contribution is -2.19. The standard InChI is InChI=1S/C17H22BrNOS/c1-13(2)10-19-11-15-9-16(3-4-17(15)18)20-7-5-14-6-8-21-12-14/h3-4,6,8-9,12-13,19H,5,7,10-11H2,1-2H3. The Morgan fingerprint density at radius 3 is 2.86 bits per heavy atom. The van der Waals surface area contributed by atoms with Gasteiger partial charge in [-0.05, 0) is 58.6 Å². The van der Waals surface area contributed by atoms with Gasteiger partial charge >= 0.3 is 0 Å². The van der Waals surface area contributed by atoms with E-state index in [0.717, 1.165) is 36.3 Å². The molecular formula is C17H22BrNOS. The van der Waals surface area contributed by atoms with Crippen molar-refractivity contribution >= 4 is 27.3 Å². The summed E-state index contributed by atoms with van der Waals surface area (Å²) in [5.41, 5.74) is 2.58. The zero-order valence-corrected chi connectivity index (χ0v) is 15.0. The molecule has 1 aromatic heterocycles. The molecule has 1 N–H and O–H groups in total. The maximum absolute atomic E-state index is 5.86. The van der Waals surface area contributed by atoms with Crippen molar-refractivity contribution < 1.29 is 4.74 Å². The van der Waals surface area contributed by atoms with E-state index in [0.29, 0.717) is 5.92 Å². The highest BCUT2D eigenvalue weighted by Gasteiger charge is 2.04. The van der Waals surface area contributed by atoms with Crippen molar-refractivity contribution in [3.8, 4) is 5.75 Å². The van der Waals surface area contributed by atoms with Gasteiger partial charge in [-0.15, -0.1) is 0 Å². The van der Waals surface area contributed by atoms with Crippen LogP contribution in [0.25, 0.3) is 0 Å². The lowest BCUT2D eigenvalue weighted by atomic mass is 10.2. The first-order chi connectivity index (χ1) is 10.1. The van der Waals surface area contributed by atoms with E-state index >= 15 is 0 Å². The summed E-state index contributed by atoms with van der Waals surface area (Å²) in [6, 6.07) is 8.35. The molecule has 0 aliphatic rings. The van der Waals surface area contributed by atoms with Gasteiger partial charge in [-0.3, -0.25) is 0 Å². The van der Waals surface area contributed by atoms with Gasteiger partial charge in [-0.25, -0.2) is 0 Å². The Kier molecular flexibility index (Phi) is 6.74. The molecule has 21 heavy (non-hydrogen) atoms. The fraction of sp³-hybridized carbons (Fsp3) is 0.412. The van der Waals surface area contributed by atoms with Crippen LogP contribution >= 0.6 is 27.3 Å². The molecule has 0 saturated carbocycles. The first-order valence-electron chi connectivity index (χ1n) is 7.28. The molecule has 1 heterocycles. The number of thiophene rings is 1. The van der Waals surface area contributed by atoms with Crippen molar-refractivity contribution in [1.82, 2.24) is 5.32 Å². The maximum Gasteiger partial charge on any atom is 0.119 e. The van der Waals surface area contributed by atoms with Crippen molar-refractivity contribution in [1.29, 1.82) is 0 Å². The van der Waals surface area contributed by atoms with E-state index < -0.39 is 0 Å². The van der Waals surface area contributed by atoms with E-state index in [2.05, 4.69) is 64.1 Å². The smallest absolute Gasteiger partial charge is 0.119 e. The number of rotatable bonds is 8. The van der Waals surface area contributed by atoms with Crippen LogP contribution in [0.15, 0.2) is 39.5 Å². The Hall–Kier alpha value is -0.840. The lowest BCUT2D eigenvalue weighted by molar-refractivity contribution is 0.321. The Bertz CT molecular complexity index is 540. The van der Waals surface area contributed by atoms with Crippen molar-refractivity contribution in [3.05, 3.63) is 50.6 Å². The lowest BCUT2D eigenvalue weighted by Gasteiger charge is -2.11. The molecule has 0 amide bonds. The minimum absolute atomic E-state index is 0.661. The average Bonchev–Trinajstić information content (AvgIpc) is 2.95. The Balaban J connectivity index is 1.85. The Morgan fingerprint density at radius 2 is 2.14 bits per heavy atom. The monoisotopic (exact) mass is 367 g/mol. The van der Waals surface area contributed by atoms with Gasteiger partial charge in [-0.2, -0.15) is 11.3 Å². The van der Waals surface area contributed by atoms with Crippen LogP contribution in [0.3, 0.4) is 0 Å². The van der Waals surface area contributed by atoms with Crippen molar-refractivity contribution in [2.75, 3.05) is 13.2 Å². The number of halogens is 1. The first kappa shape index (κ1) is 16.5. The molecule has 2 rings (SSSR count). The highest BCUT2D eigenvalue weighted by molar-refractivity contribution is 9.10. The molecule has 4 heteroatoms. The summed E-state index contributed by atoms with van der Waals surface area (Å²) in [5.74, 6) is 1.60. The molecule has 0 radical (unpaired) electrons. The zero-order chi connectivity index (χ0) is 15.1. The third-order valence-electron chi connectivity index (χ3n) is 3.12. The molecule has 0 unspecified atom stereocenters. The third kappa shape index (κ3) is 5.81. The van der Waals surface area contributed by atoms with Crippen LogP contribution in [0.1, 0.15) is 25.0 Å². The van der Waals surface area contributed by atoms with E-state index in [4.69, 9.17) is 4.74 Å². The minimum atomic E-state index is 0.661. The van der Waals surface area contributed by atoms with E-state index in [9.17, 15) is 0 Å². The van der Waals surface area contributed by atoms with Crippen LogP contribution in [0, 0.1) is 5.92 Å². The molecule has 0 aliphatic carbocycles. The second-order valence-corrected chi connectivity index (χ2v) is 7.14. The van der Waals surface area contributed by atoms with Crippen LogP contribution in [0.2, 0.25) is 0 Å². The summed E-state index contributed by atoms with van der Waals surface area (Å²) in [6.07, 6.45) is 0.959. The molecule has 2 aromatic rings. The van der Waals surface area contributed by atoms with E-state index in [1.807, 2.05) is 6.07 Å². The van der Waals surface area contributed by atoms with Gasteiger partial charge < -0.3 is 10.1 Å². The number of ether oxygens (including phenoxy) is 1. The second kappa shape index (κ2) is 8.57. The summed E-state index contributed by atoms with van der Waals surface area (Å²) in [6.45, 7) is 7.03. The fourth-order valence-electron chi connectivity index (χ4n) is 1.99. The highest BCUT2D eigenvalue weighted by atomic mass is 79.9. The average molecular weight is 368 g/mol. The molecule has 1 aromatic carbocycles. The number of hydrogen-bond acceptors (Lipinski definition) is 3. The molecule has 0 saturated heterocycles. The van der Waals surface area contributed by atoms with E-state index in [1.165, 1.54) is 11.1 Å². The topological polar surface area (TPSA) is 21.3 Å². The van der Waals surface area contributed by atoms with E-state index in [1.54, 1.807) is 11.3 Å². The molecule has 114 valence electrons. The largest absolute Gasteiger partial charge is 0.493 e. The van der Waals surface area contributed by atoms with E-state index in [-0.39, 0.29) is 0 Å². The summed E-state index contributed by atoms with van der Waals surface area (Å²) in [4.78, 5) is 0. The van der Waals surface area contributed by atoms with Gasteiger partial charge in [0, 0.05) is 17.4 Å². The van der Waals surface area contributed by atoms with Crippen molar-refractivity contribution in [2.45, 2.75) is 26.8 Å². The van der Waals surface area contributed by atoms with Crippen LogP contribution in [0.5, 0.6) is 5.75 Å². The predicted molar refractivity (Wildman–Crippen MR) is 94.2 cm³/mol. The van der Waals surface area contributed by atoms with Crippen LogP contribution in [0.4, 0.5) is 0 Å². The summed E-state index contributed by atoms with van der Waals surface area (Å²) < 4.78 is 6.99. The quantitative estimate of drug-likeness (QED) is 0.717. The van der Waals surface area contributed by atoms with Gasteiger partial charge in [-0.1, -0.05) is 29.8 Å². The molecule has 0 aliphatic heterocycles. The van der Waals surface area contributed by atoms with Gasteiger partial charge in [0.1, 0.15) is 5.75 Å². The molecule has 0 atom stereocenters. The normalized spacial score (nSPS) is 11.0. The summed E-state index contributed by atoms with van der Waals surface area (Å²) in [7, 11) is 0. The molecule has 0 bridgehead atoms. The minimum Gasteiger partial charge on any atom is -0.493 e. The SMILES string of the molecule is CC(C)CNCc1cc(OCCc2ccsc2)ccc1Br. The molecular weight excluding hydrogens is 346 g/mol. The first-order valence-corrected chi connectivity index (χ1v) is 9.01. The van der Waals surface area contributed by atoms with Gasteiger partial charge in [0.2, 0.25) is 0 Å². The zero-order valence-electron chi connectivity index (χ0n) is 12.6. The number of hydrogen-bond donors (Lipinski definition) is 1.